The molecule has 5 heteroatoms. The number of hydrogen-bond donors (Lipinski definition) is 0. The van der Waals surface area contributed by atoms with E-state index in [1.165, 1.54) is 12.1 Å². The van der Waals surface area contributed by atoms with Crippen molar-refractivity contribution in [2.75, 3.05) is 5.88 Å². The van der Waals surface area contributed by atoms with Gasteiger partial charge in [-0.25, -0.2) is 4.39 Å². The largest absolute Gasteiger partial charge is 0.293 e. The highest BCUT2D eigenvalue weighted by molar-refractivity contribution is 9.10. The lowest BCUT2D eigenvalue weighted by atomic mass is 10.1. The Balaban J connectivity index is 3.28. The molecule has 0 bridgehead atoms. The summed E-state index contributed by atoms with van der Waals surface area (Å²) in [5, 5.41) is -0.186. The summed E-state index contributed by atoms with van der Waals surface area (Å²) in [4.78, 5) is 11.1. The molecule has 0 saturated heterocycles. The molecule has 0 saturated carbocycles. The Morgan fingerprint density at radius 1 is 1.54 bits per heavy atom. The van der Waals surface area contributed by atoms with Gasteiger partial charge in [0.1, 0.15) is 5.82 Å². The molecule has 0 aliphatic heterocycles. The summed E-state index contributed by atoms with van der Waals surface area (Å²) in [6.45, 7) is 0. The third-order valence-electron chi connectivity index (χ3n) is 1.41. The predicted octanol–water partition coefficient (Wildman–Crippen LogP) is 3.66. The molecule has 1 aromatic rings. The number of halogens is 4. The van der Waals surface area contributed by atoms with Gasteiger partial charge in [-0.05, 0) is 12.1 Å². The van der Waals surface area contributed by atoms with Crippen LogP contribution in [0.4, 0.5) is 4.39 Å². The lowest BCUT2D eigenvalue weighted by Gasteiger charge is -2.02. The van der Waals surface area contributed by atoms with Gasteiger partial charge in [-0.2, -0.15) is 0 Å². The fourth-order valence-electron chi connectivity index (χ4n) is 0.831. The van der Waals surface area contributed by atoms with Crippen LogP contribution in [0.5, 0.6) is 0 Å². The van der Waals surface area contributed by atoms with Gasteiger partial charge in [0, 0.05) is 10.0 Å². The van der Waals surface area contributed by atoms with Gasteiger partial charge in [0.25, 0.3) is 0 Å². The second-order valence-corrected chi connectivity index (χ2v) is 3.87. The van der Waals surface area contributed by atoms with Gasteiger partial charge in [0.15, 0.2) is 5.78 Å². The maximum atomic E-state index is 13.0. The summed E-state index contributed by atoms with van der Waals surface area (Å²) in [6.07, 6.45) is 0. The zero-order valence-electron chi connectivity index (χ0n) is 6.28. The quantitative estimate of drug-likeness (QED) is 0.460. The second kappa shape index (κ2) is 4.40. The number of alkyl halides is 1. The summed E-state index contributed by atoms with van der Waals surface area (Å²) in [5.41, 5.74) is 0.101. The van der Waals surface area contributed by atoms with Crippen LogP contribution >= 0.6 is 39.1 Å². The van der Waals surface area contributed by atoms with Gasteiger partial charge in [-0.3, -0.25) is 4.79 Å². The maximum Gasteiger partial charge on any atom is 0.179 e. The van der Waals surface area contributed by atoms with E-state index in [0.29, 0.717) is 4.47 Å². The van der Waals surface area contributed by atoms with E-state index < -0.39 is 11.6 Å². The van der Waals surface area contributed by atoms with Crippen molar-refractivity contribution in [2.24, 2.45) is 0 Å². The van der Waals surface area contributed by atoms with Crippen LogP contribution < -0.4 is 0 Å². The van der Waals surface area contributed by atoms with Crippen LogP contribution in [0, 0.1) is 5.82 Å². The van der Waals surface area contributed by atoms with E-state index in [9.17, 15) is 9.18 Å². The maximum absolute atomic E-state index is 13.0. The van der Waals surface area contributed by atoms with E-state index in [2.05, 4.69) is 15.9 Å². The van der Waals surface area contributed by atoms with Gasteiger partial charge >= 0.3 is 0 Å². The molecule has 0 radical (unpaired) electrons. The summed E-state index contributed by atoms with van der Waals surface area (Å²) < 4.78 is 13.4. The van der Waals surface area contributed by atoms with Crippen LogP contribution in [0.25, 0.3) is 0 Å². The van der Waals surface area contributed by atoms with Crippen molar-refractivity contribution >= 4 is 44.9 Å². The van der Waals surface area contributed by atoms with Crippen molar-refractivity contribution in [3.63, 3.8) is 0 Å². The average molecular weight is 286 g/mol. The molecule has 1 rings (SSSR count). The monoisotopic (exact) mass is 284 g/mol. The molecule has 0 aliphatic rings. The van der Waals surface area contributed by atoms with Crippen molar-refractivity contribution in [3.8, 4) is 0 Å². The van der Waals surface area contributed by atoms with E-state index in [0.717, 1.165) is 0 Å². The third-order valence-corrected chi connectivity index (χ3v) is 2.50. The number of rotatable bonds is 2. The number of Topliss-reactive ketones (excluding diaryl/α,β-unsaturated/α-hetero) is 1. The first-order valence-electron chi connectivity index (χ1n) is 3.30. The zero-order chi connectivity index (χ0) is 10.0. The molecule has 70 valence electrons. The minimum absolute atomic E-state index is 0.101. The fourth-order valence-corrected chi connectivity index (χ4v) is 1.62. The van der Waals surface area contributed by atoms with E-state index >= 15 is 0 Å². The third kappa shape index (κ3) is 2.42. The molecule has 0 atom stereocenters. The van der Waals surface area contributed by atoms with Crippen molar-refractivity contribution in [3.05, 3.63) is 33.0 Å². The van der Waals surface area contributed by atoms with Crippen molar-refractivity contribution in [1.82, 2.24) is 0 Å². The minimum Gasteiger partial charge on any atom is -0.293 e. The van der Waals surface area contributed by atoms with Crippen molar-refractivity contribution < 1.29 is 9.18 Å². The summed E-state index contributed by atoms with van der Waals surface area (Å²) in [5.74, 6) is -1.24. The standard InChI is InChI=1S/C8H4BrCl2FO/c9-4-1-5(7(13)3-10)8(11)6(12)2-4/h1-2H,3H2. The molecule has 1 aromatic carbocycles. The van der Waals surface area contributed by atoms with Gasteiger partial charge in [0.2, 0.25) is 0 Å². The fraction of sp³-hybridized carbons (Fsp3) is 0.125. The number of benzene rings is 1. The van der Waals surface area contributed by atoms with Gasteiger partial charge < -0.3 is 0 Å². The van der Waals surface area contributed by atoms with E-state index in [4.69, 9.17) is 23.2 Å². The van der Waals surface area contributed by atoms with Gasteiger partial charge in [-0.1, -0.05) is 27.5 Å². The highest BCUT2D eigenvalue weighted by atomic mass is 79.9. The normalized spacial score (nSPS) is 10.2. The number of ketones is 1. The Morgan fingerprint density at radius 2 is 2.15 bits per heavy atom. The zero-order valence-corrected chi connectivity index (χ0v) is 9.38. The average Bonchev–Trinajstić information content (AvgIpc) is 2.10. The molecule has 0 aromatic heterocycles. The lowest BCUT2D eigenvalue weighted by Crippen LogP contribution is -2.02. The Morgan fingerprint density at radius 3 is 2.69 bits per heavy atom. The highest BCUT2D eigenvalue weighted by Crippen LogP contribution is 2.25. The molecular formula is C8H4BrCl2FO. The van der Waals surface area contributed by atoms with Crippen LogP contribution in [0.3, 0.4) is 0 Å². The first-order valence-corrected chi connectivity index (χ1v) is 5.00. The molecule has 0 spiro atoms. The van der Waals surface area contributed by atoms with E-state index in [-0.39, 0.29) is 16.5 Å². The van der Waals surface area contributed by atoms with Crippen LogP contribution in [-0.4, -0.2) is 11.7 Å². The number of carbonyl (C=O) groups is 1. The summed E-state index contributed by atoms with van der Waals surface area (Å²) in [7, 11) is 0. The van der Waals surface area contributed by atoms with Crippen LogP contribution in [0.2, 0.25) is 5.02 Å². The van der Waals surface area contributed by atoms with Crippen LogP contribution in [0.15, 0.2) is 16.6 Å². The molecule has 0 aliphatic carbocycles. The van der Waals surface area contributed by atoms with Crippen LogP contribution in [-0.2, 0) is 0 Å². The molecule has 13 heavy (non-hydrogen) atoms. The first kappa shape index (κ1) is 11.0. The smallest absolute Gasteiger partial charge is 0.179 e. The Kier molecular flexibility index (Phi) is 3.71. The summed E-state index contributed by atoms with van der Waals surface area (Å²) >= 11 is 13.9. The summed E-state index contributed by atoms with van der Waals surface area (Å²) in [6, 6.07) is 2.63. The second-order valence-electron chi connectivity index (χ2n) is 2.31. The van der Waals surface area contributed by atoms with Crippen molar-refractivity contribution in [2.45, 2.75) is 0 Å². The van der Waals surface area contributed by atoms with Crippen molar-refractivity contribution in [1.29, 1.82) is 0 Å². The van der Waals surface area contributed by atoms with E-state index in [1.807, 2.05) is 0 Å². The van der Waals surface area contributed by atoms with Gasteiger partial charge in [-0.15, -0.1) is 11.6 Å². The molecule has 0 fully saturated rings. The number of carbonyl (C=O) groups excluding carboxylic acids is 1. The predicted molar refractivity (Wildman–Crippen MR) is 54.2 cm³/mol. The van der Waals surface area contributed by atoms with Gasteiger partial charge in [0.05, 0.1) is 10.9 Å². The molecule has 0 amide bonds. The van der Waals surface area contributed by atoms with Crippen LogP contribution in [0.1, 0.15) is 10.4 Å². The molecule has 0 unspecified atom stereocenters. The minimum atomic E-state index is -0.635. The number of hydrogen-bond acceptors (Lipinski definition) is 1. The molecule has 0 heterocycles. The SMILES string of the molecule is O=C(CCl)c1cc(Br)cc(F)c1Cl. The Bertz CT molecular complexity index is 354. The molecule has 0 N–H and O–H groups in total. The Labute approximate surface area is 93.0 Å². The first-order chi connectivity index (χ1) is 6.06. The highest BCUT2D eigenvalue weighted by Gasteiger charge is 2.13. The molecule has 1 nitrogen and oxygen atoms in total. The topological polar surface area (TPSA) is 17.1 Å². The lowest BCUT2D eigenvalue weighted by molar-refractivity contribution is 0.102. The molecular weight excluding hydrogens is 282 g/mol. The Hall–Kier alpha value is -0.120. The van der Waals surface area contributed by atoms with E-state index in [1.54, 1.807) is 0 Å².